The largest absolute Gasteiger partial charge is 0.386 e. The van der Waals surface area contributed by atoms with Gasteiger partial charge in [-0.05, 0) is 37.7 Å². The maximum Gasteiger partial charge on any atom is 0.0800 e. The summed E-state index contributed by atoms with van der Waals surface area (Å²) in [4.78, 5) is 0. The number of hydrogen-bond donors (Lipinski definition) is 1. The molecule has 1 aliphatic carbocycles. The highest BCUT2D eigenvalue weighted by atomic mass is 16.3. The van der Waals surface area contributed by atoms with Crippen LogP contribution in [0.25, 0.3) is 0 Å². The van der Waals surface area contributed by atoms with Crippen LogP contribution < -0.4 is 0 Å². The number of hydrogen-bond acceptors (Lipinski definition) is 1. The molecule has 1 nitrogen and oxygen atoms in total. The predicted molar refractivity (Wildman–Crippen MR) is 62.6 cm³/mol. The van der Waals surface area contributed by atoms with E-state index in [4.69, 9.17) is 0 Å². The molecular weight excluding hydrogens is 184 g/mol. The van der Waals surface area contributed by atoms with E-state index in [0.717, 1.165) is 19.3 Å². The highest BCUT2D eigenvalue weighted by molar-refractivity contribution is 5.17. The minimum Gasteiger partial charge on any atom is -0.386 e. The summed E-state index contributed by atoms with van der Waals surface area (Å²) >= 11 is 0. The minimum absolute atomic E-state index is 0.576. The van der Waals surface area contributed by atoms with Crippen molar-refractivity contribution in [2.24, 2.45) is 5.92 Å². The molecule has 1 aromatic carbocycles. The van der Waals surface area contributed by atoms with Gasteiger partial charge in [-0.15, -0.1) is 0 Å². The quantitative estimate of drug-likeness (QED) is 0.731. The Labute approximate surface area is 91.4 Å². The molecule has 0 radical (unpaired) electrons. The molecule has 15 heavy (non-hydrogen) atoms. The fourth-order valence-electron chi connectivity index (χ4n) is 2.09. The monoisotopic (exact) mass is 202 g/mol. The summed E-state index contributed by atoms with van der Waals surface area (Å²) in [5.74, 6) is 0.590. The van der Waals surface area contributed by atoms with E-state index in [0.29, 0.717) is 5.92 Å². The highest BCUT2D eigenvalue weighted by Gasteiger charge is 2.23. The fourth-order valence-corrected chi connectivity index (χ4v) is 2.09. The average molecular weight is 202 g/mol. The molecule has 80 valence electrons. The van der Waals surface area contributed by atoms with Crippen molar-refractivity contribution < 1.29 is 5.11 Å². The van der Waals surface area contributed by atoms with Crippen molar-refractivity contribution in [3.63, 3.8) is 0 Å². The lowest BCUT2D eigenvalue weighted by Gasteiger charge is -2.27. The number of rotatable bonds is 2. The minimum atomic E-state index is -0.576. The second-order valence-corrected chi connectivity index (χ2v) is 4.70. The van der Waals surface area contributed by atoms with Gasteiger partial charge >= 0.3 is 0 Å². The van der Waals surface area contributed by atoms with E-state index in [-0.39, 0.29) is 0 Å². The van der Waals surface area contributed by atoms with Crippen LogP contribution in [0.3, 0.4) is 0 Å². The standard InChI is InChI=1S/C14H18O/c1-14(15)9-7-13(8-10-14)11-12-5-3-2-4-6-12/h2-7,9,13,15H,8,10-11H2,1H3/t13-,14+/m1/s1. The van der Waals surface area contributed by atoms with E-state index in [1.807, 2.05) is 19.1 Å². The number of aliphatic hydroxyl groups is 1. The maximum absolute atomic E-state index is 9.77. The van der Waals surface area contributed by atoms with Crippen LogP contribution in [-0.2, 0) is 6.42 Å². The Bertz CT molecular complexity index is 338. The van der Waals surface area contributed by atoms with Crippen LogP contribution in [0.15, 0.2) is 42.5 Å². The van der Waals surface area contributed by atoms with Crippen LogP contribution in [0.4, 0.5) is 0 Å². The van der Waals surface area contributed by atoms with Crippen LogP contribution in [-0.4, -0.2) is 10.7 Å². The summed E-state index contributed by atoms with van der Waals surface area (Å²) in [6.07, 6.45) is 7.16. The van der Waals surface area contributed by atoms with Gasteiger partial charge in [-0.1, -0.05) is 42.5 Å². The van der Waals surface area contributed by atoms with Crippen molar-refractivity contribution in [3.8, 4) is 0 Å². The Morgan fingerprint density at radius 1 is 1.33 bits per heavy atom. The van der Waals surface area contributed by atoms with Gasteiger partial charge in [0.25, 0.3) is 0 Å². The molecule has 0 heterocycles. The Morgan fingerprint density at radius 2 is 2.07 bits per heavy atom. The van der Waals surface area contributed by atoms with Gasteiger partial charge in [0.2, 0.25) is 0 Å². The van der Waals surface area contributed by atoms with E-state index in [2.05, 4.69) is 30.3 Å². The first-order chi connectivity index (χ1) is 7.16. The Kier molecular flexibility index (Phi) is 2.92. The molecule has 1 aromatic rings. The van der Waals surface area contributed by atoms with Gasteiger partial charge < -0.3 is 5.11 Å². The zero-order valence-corrected chi connectivity index (χ0v) is 9.19. The Balaban J connectivity index is 1.98. The van der Waals surface area contributed by atoms with Crippen LogP contribution in [0, 0.1) is 5.92 Å². The highest BCUT2D eigenvalue weighted by Crippen LogP contribution is 2.27. The lowest BCUT2D eigenvalue weighted by atomic mass is 9.83. The van der Waals surface area contributed by atoms with Crippen LogP contribution in [0.2, 0.25) is 0 Å². The normalized spacial score (nSPS) is 30.4. The van der Waals surface area contributed by atoms with Crippen molar-refractivity contribution >= 4 is 0 Å². The van der Waals surface area contributed by atoms with E-state index >= 15 is 0 Å². The van der Waals surface area contributed by atoms with Crippen molar-refractivity contribution in [3.05, 3.63) is 48.0 Å². The predicted octanol–water partition coefficient (Wildman–Crippen LogP) is 2.95. The van der Waals surface area contributed by atoms with E-state index in [1.165, 1.54) is 5.56 Å². The summed E-state index contributed by atoms with van der Waals surface area (Å²) in [5.41, 5.74) is 0.807. The molecule has 1 aliphatic rings. The molecule has 0 fully saturated rings. The summed E-state index contributed by atoms with van der Waals surface area (Å²) in [6, 6.07) is 10.5. The average Bonchev–Trinajstić information content (AvgIpc) is 2.23. The molecule has 0 saturated heterocycles. The molecule has 2 rings (SSSR count). The van der Waals surface area contributed by atoms with Crippen molar-refractivity contribution in [1.29, 1.82) is 0 Å². The maximum atomic E-state index is 9.77. The summed E-state index contributed by atoms with van der Waals surface area (Å²) < 4.78 is 0. The molecule has 0 saturated carbocycles. The van der Waals surface area contributed by atoms with Gasteiger partial charge in [0.15, 0.2) is 0 Å². The first-order valence-electron chi connectivity index (χ1n) is 5.61. The molecule has 0 spiro atoms. The third kappa shape index (κ3) is 2.93. The summed E-state index contributed by atoms with van der Waals surface area (Å²) in [5, 5.41) is 9.77. The topological polar surface area (TPSA) is 20.2 Å². The second-order valence-electron chi connectivity index (χ2n) is 4.70. The van der Waals surface area contributed by atoms with Gasteiger partial charge in [-0.2, -0.15) is 0 Å². The van der Waals surface area contributed by atoms with Crippen LogP contribution >= 0.6 is 0 Å². The van der Waals surface area contributed by atoms with Gasteiger partial charge in [-0.25, -0.2) is 0 Å². The lowest BCUT2D eigenvalue weighted by molar-refractivity contribution is 0.0881. The van der Waals surface area contributed by atoms with E-state index in [1.54, 1.807) is 0 Å². The smallest absolute Gasteiger partial charge is 0.0800 e. The lowest BCUT2D eigenvalue weighted by Crippen LogP contribution is -2.26. The molecule has 1 N–H and O–H groups in total. The third-order valence-corrected chi connectivity index (χ3v) is 3.09. The van der Waals surface area contributed by atoms with Gasteiger partial charge in [0.1, 0.15) is 0 Å². The zero-order chi connectivity index (χ0) is 10.7. The first-order valence-corrected chi connectivity index (χ1v) is 5.61. The molecule has 0 unspecified atom stereocenters. The molecule has 0 bridgehead atoms. The molecule has 2 atom stereocenters. The first kappa shape index (κ1) is 10.4. The second kappa shape index (κ2) is 4.19. The number of allylic oxidation sites excluding steroid dienone is 1. The van der Waals surface area contributed by atoms with Crippen molar-refractivity contribution in [1.82, 2.24) is 0 Å². The Hall–Kier alpha value is -1.08. The van der Waals surface area contributed by atoms with Gasteiger partial charge in [0, 0.05) is 0 Å². The molecule has 1 heteroatoms. The van der Waals surface area contributed by atoms with E-state index in [9.17, 15) is 5.11 Å². The molecule has 0 aromatic heterocycles. The molecule has 0 aliphatic heterocycles. The van der Waals surface area contributed by atoms with Gasteiger partial charge in [-0.3, -0.25) is 0 Å². The summed E-state index contributed by atoms with van der Waals surface area (Å²) in [6.45, 7) is 1.88. The fraction of sp³-hybridized carbons (Fsp3) is 0.429. The zero-order valence-electron chi connectivity index (χ0n) is 9.19. The van der Waals surface area contributed by atoms with Crippen molar-refractivity contribution in [2.45, 2.75) is 31.8 Å². The Morgan fingerprint density at radius 3 is 2.67 bits per heavy atom. The molecular formula is C14H18O. The third-order valence-electron chi connectivity index (χ3n) is 3.09. The SMILES string of the molecule is C[C@]1(O)C=C[C@@H](Cc2ccccc2)CC1. The van der Waals surface area contributed by atoms with Gasteiger partial charge in [0.05, 0.1) is 5.60 Å². The van der Waals surface area contributed by atoms with Crippen LogP contribution in [0.1, 0.15) is 25.3 Å². The number of benzene rings is 1. The van der Waals surface area contributed by atoms with Crippen molar-refractivity contribution in [2.75, 3.05) is 0 Å². The molecule has 0 amide bonds. The van der Waals surface area contributed by atoms with Crippen LogP contribution in [0.5, 0.6) is 0 Å². The summed E-state index contributed by atoms with van der Waals surface area (Å²) in [7, 11) is 0. The van der Waals surface area contributed by atoms with E-state index < -0.39 is 5.60 Å².